The van der Waals surface area contributed by atoms with Crippen molar-refractivity contribution in [3.8, 4) is 0 Å². The predicted octanol–water partition coefficient (Wildman–Crippen LogP) is 0.796. The second-order valence-corrected chi connectivity index (χ2v) is 9.82. The van der Waals surface area contributed by atoms with E-state index in [1.165, 1.54) is 0 Å². The first-order valence-corrected chi connectivity index (χ1v) is 12.8. The molecule has 2 aromatic heterocycles. The quantitative estimate of drug-likeness (QED) is 0.295. The Hall–Kier alpha value is -3.90. The second-order valence-electron chi connectivity index (χ2n) is 9.82. The van der Waals surface area contributed by atoms with Crippen molar-refractivity contribution in [2.24, 2.45) is 0 Å². The number of fused-ring (bicyclic) bond motifs is 1. The summed E-state index contributed by atoms with van der Waals surface area (Å²) in [5, 5.41) is 37.4. The van der Waals surface area contributed by atoms with Crippen LogP contribution in [0.25, 0.3) is 5.78 Å². The van der Waals surface area contributed by atoms with Crippen molar-refractivity contribution >= 4 is 29.6 Å². The Kier molecular flexibility index (Phi) is 10.7. The Labute approximate surface area is 235 Å². The number of aliphatic carboxylic acids is 3. The number of nitrogens with zero attached hydrogens (tertiary/aromatic N) is 5. The van der Waals surface area contributed by atoms with Crippen LogP contribution < -0.4 is 0 Å². The molecule has 0 spiro atoms. The maximum absolute atomic E-state index is 13.3. The van der Waals surface area contributed by atoms with Gasteiger partial charge in [0.2, 0.25) is 5.91 Å². The normalized spacial score (nSPS) is 18.0. The molecule has 0 saturated carbocycles. The molecule has 2 fully saturated rings. The van der Waals surface area contributed by atoms with Crippen molar-refractivity contribution in [1.82, 2.24) is 24.5 Å². The number of hydrogen-bond acceptors (Lipinski definition) is 10. The monoisotopic (exact) mass is 605 g/mol. The zero-order valence-corrected chi connectivity index (χ0v) is 22.2. The molecule has 4 rings (SSSR count). The molecular formula is C24H30F3N5O10. The molecule has 0 bridgehead atoms. The van der Waals surface area contributed by atoms with Crippen LogP contribution >= 0.6 is 0 Å². The van der Waals surface area contributed by atoms with Crippen LogP contribution in [0.5, 0.6) is 0 Å². The number of alkyl halides is 3. The lowest BCUT2D eigenvalue weighted by molar-refractivity contribution is -0.170. The van der Waals surface area contributed by atoms with Crippen LogP contribution in [0, 0.1) is 0 Å². The van der Waals surface area contributed by atoms with Crippen LogP contribution in [0.15, 0.2) is 12.4 Å². The van der Waals surface area contributed by atoms with Crippen LogP contribution in [0.1, 0.15) is 55.8 Å². The number of ether oxygens (including phenoxy) is 2. The van der Waals surface area contributed by atoms with Gasteiger partial charge >= 0.3 is 24.1 Å². The van der Waals surface area contributed by atoms with Gasteiger partial charge in [0.1, 0.15) is 12.9 Å². The summed E-state index contributed by atoms with van der Waals surface area (Å²) in [6.45, 7) is 2.04. The van der Waals surface area contributed by atoms with Crippen molar-refractivity contribution in [1.29, 1.82) is 0 Å². The summed E-state index contributed by atoms with van der Waals surface area (Å²) in [5.74, 6) is -5.38. The van der Waals surface area contributed by atoms with Crippen LogP contribution in [-0.4, -0.2) is 113 Å². The largest absolute Gasteiger partial charge is 0.481 e. The molecule has 0 aliphatic carbocycles. The summed E-state index contributed by atoms with van der Waals surface area (Å²) < 4.78 is 51.7. The first-order valence-electron chi connectivity index (χ1n) is 12.8. The Morgan fingerprint density at radius 2 is 1.69 bits per heavy atom. The van der Waals surface area contributed by atoms with E-state index in [0.717, 1.165) is 31.8 Å². The molecule has 0 radical (unpaired) electrons. The van der Waals surface area contributed by atoms with Gasteiger partial charge in [0.05, 0.1) is 25.6 Å². The van der Waals surface area contributed by atoms with Gasteiger partial charge in [-0.3, -0.25) is 14.4 Å². The SMILES string of the molecule is O=C(COCC1CCCO1)N1CCC(c2cc(C(F)(F)F)n3ncnc3n2)CC1.O=C(O)CC(O)(CC(=O)O)C(=O)O. The Balaban J connectivity index is 0.000000316. The first-order chi connectivity index (χ1) is 19.7. The molecule has 42 heavy (non-hydrogen) atoms. The number of carbonyl (C=O) groups excluding carboxylic acids is 1. The summed E-state index contributed by atoms with van der Waals surface area (Å²) in [7, 11) is 0. The molecular weight excluding hydrogens is 575 g/mol. The number of hydrogen-bond donors (Lipinski definition) is 4. The molecule has 18 heteroatoms. The van der Waals surface area contributed by atoms with Gasteiger partial charge in [0.15, 0.2) is 11.3 Å². The number of carboxylic acids is 3. The van der Waals surface area contributed by atoms with E-state index in [9.17, 15) is 32.3 Å². The zero-order valence-electron chi connectivity index (χ0n) is 22.2. The fourth-order valence-electron chi connectivity index (χ4n) is 4.53. The van der Waals surface area contributed by atoms with Crippen LogP contribution in [0.4, 0.5) is 13.2 Å². The van der Waals surface area contributed by atoms with E-state index in [1.54, 1.807) is 4.90 Å². The minimum absolute atomic E-state index is 0.00724. The van der Waals surface area contributed by atoms with E-state index in [2.05, 4.69) is 15.1 Å². The van der Waals surface area contributed by atoms with Crippen LogP contribution in [0.2, 0.25) is 0 Å². The van der Waals surface area contributed by atoms with Gasteiger partial charge < -0.3 is 34.8 Å². The maximum atomic E-state index is 13.3. The van der Waals surface area contributed by atoms with E-state index < -0.39 is 48.2 Å². The number of amides is 1. The molecule has 4 heterocycles. The van der Waals surface area contributed by atoms with Crippen LogP contribution in [0.3, 0.4) is 0 Å². The van der Waals surface area contributed by atoms with Gasteiger partial charge in [-0.1, -0.05) is 0 Å². The van der Waals surface area contributed by atoms with Gasteiger partial charge in [0, 0.05) is 31.3 Å². The van der Waals surface area contributed by atoms with Gasteiger partial charge in [0.25, 0.3) is 5.78 Å². The summed E-state index contributed by atoms with van der Waals surface area (Å²) >= 11 is 0. The summed E-state index contributed by atoms with van der Waals surface area (Å²) in [6, 6.07) is 1.04. The average Bonchev–Trinajstić information content (AvgIpc) is 3.59. The van der Waals surface area contributed by atoms with Crippen molar-refractivity contribution in [2.75, 3.05) is 32.9 Å². The number of carbonyl (C=O) groups is 4. The molecule has 1 amide bonds. The molecule has 2 aliphatic rings. The topological polar surface area (TPSA) is 214 Å². The molecule has 2 aromatic rings. The average molecular weight is 606 g/mol. The fourth-order valence-corrected chi connectivity index (χ4v) is 4.53. The molecule has 1 atom stereocenters. The molecule has 2 aliphatic heterocycles. The van der Waals surface area contributed by atoms with Crippen LogP contribution in [-0.2, 0) is 34.8 Å². The van der Waals surface area contributed by atoms with Crippen molar-refractivity contribution in [2.45, 2.75) is 62.3 Å². The molecule has 232 valence electrons. The Morgan fingerprint density at radius 1 is 1.05 bits per heavy atom. The lowest BCUT2D eigenvalue weighted by Crippen LogP contribution is -2.42. The van der Waals surface area contributed by atoms with Crippen molar-refractivity contribution < 1.29 is 62.2 Å². The van der Waals surface area contributed by atoms with Crippen molar-refractivity contribution in [3.63, 3.8) is 0 Å². The molecule has 0 aromatic carbocycles. The minimum atomic E-state index is -4.55. The second kappa shape index (κ2) is 13.8. The molecule has 4 N–H and O–H groups in total. The highest BCUT2D eigenvalue weighted by atomic mass is 19.4. The van der Waals surface area contributed by atoms with Gasteiger partial charge in [-0.15, -0.1) is 0 Å². The summed E-state index contributed by atoms with van der Waals surface area (Å²) in [4.78, 5) is 52.5. The van der Waals surface area contributed by atoms with E-state index in [1.807, 2.05) is 0 Å². The highest BCUT2D eigenvalue weighted by molar-refractivity contribution is 5.88. The lowest BCUT2D eigenvalue weighted by atomic mass is 9.93. The number of likely N-dealkylation sites (tertiary alicyclic amines) is 1. The zero-order chi connectivity index (χ0) is 31.1. The highest BCUT2D eigenvalue weighted by Gasteiger charge is 2.41. The van der Waals surface area contributed by atoms with E-state index in [4.69, 9.17) is 29.9 Å². The number of piperidine rings is 1. The number of rotatable bonds is 10. The van der Waals surface area contributed by atoms with E-state index >= 15 is 0 Å². The highest BCUT2D eigenvalue weighted by Crippen LogP contribution is 2.33. The molecule has 1 unspecified atom stereocenters. The van der Waals surface area contributed by atoms with Crippen molar-refractivity contribution in [3.05, 3.63) is 23.8 Å². The molecule has 2 saturated heterocycles. The summed E-state index contributed by atoms with van der Waals surface area (Å²) in [6.07, 6.45) is -2.70. The standard InChI is InChI=1S/C18H22F3N5O3.C6H8O7/c19-18(20,21)15-8-14(24-17-22-11-23-26(15)17)12-3-5-25(6-4-12)16(27)10-28-9-13-2-1-7-29-13;7-3(8)1-6(13,5(11)12)2-4(9)10/h8,11-13H,1-7,9-10H2;13H,1-2H2,(H,7,8)(H,9,10)(H,11,12). The fraction of sp³-hybridized carbons (Fsp3) is 0.625. The predicted molar refractivity (Wildman–Crippen MR) is 131 cm³/mol. The van der Waals surface area contributed by atoms with E-state index in [0.29, 0.717) is 42.7 Å². The number of aromatic nitrogens is 4. The first kappa shape index (κ1) is 32.6. The lowest BCUT2D eigenvalue weighted by Gasteiger charge is -2.32. The summed E-state index contributed by atoms with van der Waals surface area (Å²) in [5.41, 5.74) is -3.30. The number of halogens is 3. The third-order valence-corrected chi connectivity index (χ3v) is 6.67. The maximum Gasteiger partial charge on any atom is 0.433 e. The smallest absolute Gasteiger partial charge is 0.433 e. The molecule has 15 nitrogen and oxygen atoms in total. The third-order valence-electron chi connectivity index (χ3n) is 6.67. The number of carboxylic acid groups (broad SMARTS) is 3. The third kappa shape index (κ3) is 8.80. The minimum Gasteiger partial charge on any atom is -0.481 e. The Bertz CT molecular complexity index is 1260. The van der Waals surface area contributed by atoms with Gasteiger partial charge in [-0.25, -0.2) is 9.78 Å². The Morgan fingerprint density at radius 3 is 2.21 bits per heavy atom. The number of aliphatic hydroxyl groups is 1. The van der Waals surface area contributed by atoms with Gasteiger partial charge in [-0.2, -0.15) is 27.8 Å². The van der Waals surface area contributed by atoms with Gasteiger partial charge in [-0.05, 0) is 31.7 Å². The van der Waals surface area contributed by atoms with E-state index in [-0.39, 0.29) is 30.3 Å².